The van der Waals surface area contributed by atoms with E-state index < -0.39 is 0 Å². The third kappa shape index (κ3) is 6.08. The van der Waals surface area contributed by atoms with Crippen molar-refractivity contribution in [3.05, 3.63) is 121 Å². The van der Waals surface area contributed by atoms with Crippen LogP contribution in [0, 0.1) is 0 Å². The monoisotopic (exact) mass is 485 g/mol. The Balaban J connectivity index is 1.34. The van der Waals surface area contributed by atoms with Gasteiger partial charge in [-0.15, -0.1) is 0 Å². The van der Waals surface area contributed by atoms with E-state index in [4.69, 9.17) is 24.5 Å². The summed E-state index contributed by atoms with van der Waals surface area (Å²) in [6.45, 7) is 3.94. The van der Waals surface area contributed by atoms with Crippen molar-refractivity contribution in [3.8, 4) is 23.0 Å². The first-order valence-electron chi connectivity index (χ1n) is 12.2. The summed E-state index contributed by atoms with van der Waals surface area (Å²) in [7, 11) is 0. The maximum absolute atomic E-state index is 6.06. The van der Waals surface area contributed by atoms with Crippen molar-refractivity contribution in [1.82, 2.24) is 0 Å². The van der Waals surface area contributed by atoms with Crippen LogP contribution in [0.5, 0.6) is 23.0 Å². The lowest BCUT2D eigenvalue weighted by Gasteiger charge is -2.09. The molecule has 0 amide bonds. The van der Waals surface area contributed by atoms with Gasteiger partial charge in [-0.1, -0.05) is 66.7 Å². The molecule has 0 aromatic heterocycles. The molecule has 4 aromatic carbocycles. The number of benzene rings is 4. The van der Waals surface area contributed by atoms with Crippen LogP contribution in [-0.2, 0) is 0 Å². The van der Waals surface area contributed by atoms with Crippen LogP contribution in [0.4, 0.5) is 11.4 Å². The molecule has 0 radical (unpaired) electrons. The summed E-state index contributed by atoms with van der Waals surface area (Å²) in [6.07, 6.45) is 2.78. The van der Waals surface area contributed by atoms with Gasteiger partial charge in [-0.05, 0) is 62.4 Å². The van der Waals surface area contributed by atoms with E-state index in [1.807, 2.05) is 123 Å². The summed E-state index contributed by atoms with van der Waals surface area (Å²) >= 11 is 0. The summed E-state index contributed by atoms with van der Waals surface area (Å²) in [4.78, 5) is 14.5. The lowest BCUT2D eigenvalue weighted by molar-refractivity contribution is 0.484. The number of hydrogen-bond acceptors (Lipinski definition) is 5. The van der Waals surface area contributed by atoms with Crippen molar-refractivity contribution in [2.24, 2.45) is 15.0 Å². The van der Waals surface area contributed by atoms with E-state index in [2.05, 4.69) is 6.08 Å². The average molecular weight is 486 g/mol. The van der Waals surface area contributed by atoms with Gasteiger partial charge in [0.2, 0.25) is 0 Å². The topological polar surface area (TPSA) is 55.5 Å². The first-order valence-corrected chi connectivity index (χ1v) is 12.2. The summed E-state index contributed by atoms with van der Waals surface area (Å²) in [6, 6.07) is 34.9. The van der Waals surface area contributed by atoms with Gasteiger partial charge in [-0.3, -0.25) is 0 Å². The van der Waals surface area contributed by atoms with Crippen LogP contribution >= 0.6 is 0 Å². The van der Waals surface area contributed by atoms with Crippen molar-refractivity contribution in [2.75, 3.05) is 0 Å². The zero-order valence-corrected chi connectivity index (χ0v) is 20.8. The zero-order chi connectivity index (χ0) is 25.5. The summed E-state index contributed by atoms with van der Waals surface area (Å²) in [5.41, 5.74) is 4.93. The summed E-state index contributed by atoms with van der Waals surface area (Å²) in [5.74, 6) is 2.94. The molecule has 182 valence electrons. The molecule has 0 fully saturated rings. The maximum atomic E-state index is 6.06. The van der Waals surface area contributed by atoms with Crippen molar-refractivity contribution in [3.63, 3.8) is 0 Å². The Hall–Kier alpha value is -4.77. The minimum Gasteiger partial charge on any atom is -0.455 e. The van der Waals surface area contributed by atoms with E-state index >= 15 is 0 Å². The molecule has 0 N–H and O–H groups in total. The number of aliphatic imine (C=N–C) groups is 3. The van der Waals surface area contributed by atoms with Crippen molar-refractivity contribution in [2.45, 2.75) is 20.3 Å². The smallest absolute Gasteiger partial charge is 0.153 e. The quantitative estimate of drug-likeness (QED) is 0.234. The largest absolute Gasteiger partial charge is 0.455 e. The van der Waals surface area contributed by atoms with Crippen LogP contribution in [0.1, 0.15) is 20.3 Å². The second kappa shape index (κ2) is 11.3. The van der Waals surface area contributed by atoms with Crippen molar-refractivity contribution in [1.29, 1.82) is 0 Å². The summed E-state index contributed by atoms with van der Waals surface area (Å²) < 4.78 is 12.1. The molecule has 1 heterocycles. The van der Waals surface area contributed by atoms with Gasteiger partial charge < -0.3 is 9.47 Å². The normalized spacial score (nSPS) is 13.7. The predicted molar refractivity (Wildman–Crippen MR) is 152 cm³/mol. The van der Waals surface area contributed by atoms with Gasteiger partial charge in [-0.2, -0.15) is 0 Å². The lowest BCUT2D eigenvalue weighted by Crippen LogP contribution is -2.07. The molecule has 0 spiro atoms. The van der Waals surface area contributed by atoms with E-state index in [1.165, 1.54) is 0 Å². The van der Waals surface area contributed by atoms with Crippen LogP contribution < -0.4 is 9.47 Å². The van der Waals surface area contributed by atoms with Gasteiger partial charge in [0.05, 0.1) is 22.8 Å². The Bertz CT molecular complexity index is 1500. The molecule has 5 rings (SSSR count). The molecule has 0 atom stereocenters. The molecule has 4 aromatic rings. The van der Waals surface area contributed by atoms with Gasteiger partial charge in [0.1, 0.15) is 22.9 Å². The molecular formula is C32H27N3O2. The van der Waals surface area contributed by atoms with Crippen LogP contribution in [0.15, 0.2) is 136 Å². The van der Waals surface area contributed by atoms with E-state index in [-0.39, 0.29) is 0 Å². The van der Waals surface area contributed by atoms with Crippen molar-refractivity contribution >= 4 is 28.5 Å². The molecule has 1 aliphatic heterocycles. The minimum atomic E-state index is 0.696. The highest BCUT2D eigenvalue weighted by Gasteiger charge is 2.15. The van der Waals surface area contributed by atoms with E-state index in [9.17, 15) is 0 Å². The van der Waals surface area contributed by atoms with Gasteiger partial charge >= 0.3 is 0 Å². The van der Waals surface area contributed by atoms with Crippen LogP contribution in [0.25, 0.3) is 0 Å². The second-order valence-corrected chi connectivity index (χ2v) is 8.51. The molecule has 0 saturated carbocycles. The maximum Gasteiger partial charge on any atom is 0.153 e. The van der Waals surface area contributed by atoms with Gasteiger partial charge in [-0.25, -0.2) is 15.0 Å². The van der Waals surface area contributed by atoms with Crippen molar-refractivity contribution < 1.29 is 9.47 Å². The molecule has 0 saturated heterocycles. The van der Waals surface area contributed by atoms with E-state index in [0.717, 1.165) is 45.7 Å². The molecule has 5 nitrogen and oxygen atoms in total. The first-order chi connectivity index (χ1) is 18.2. The SMILES string of the molecule is CC(=Nc1ccccc1Oc1ccccc1)C1=CCC(C(C)=Nc2ccccc2Oc2ccccc2)=N1. The van der Waals surface area contributed by atoms with E-state index in [0.29, 0.717) is 17.9 Å². The average Bonchev–Trinajstić information content (AvgIpc) is 3.43. The second-order valence-electron chi connectivity index (χ2n) is 8.51. The van der Waals surface area contributed by atoms with Crippen LogP contribution in [-0.4, -0.2) is 17.1 Å². The van der Waals surface area contributed by atoms with Gasteiger partial charge in [0.15, 0.2) is 11.5 Å². The van der Waals surface area contributed by atoms with Crippen LogP contribution in [0.2, 0.25) is 0 Å². The molecule has 1 aliphatic rings. The standard InChI is InChI=1S/C32H27N3O2/c1-23(33-29-17-9-11-19-31(29)36-25-13-5-3-6-14-25)27-21-22-28(35-27)24(2)34-30-18-10-12-20-32(30)37-26-15-7-4-8-16-26/h3-21H,22H2,1-2H3. The highest BCUT2D eigenvalue weighted by Crippen LogP contribution is 2.33. The molecule has 5 heteroatoms. The molecule has 0 unspecified atom stereocenters. The highest BCUT2D eigenvalue weighted by molar-refractivity contribution is 6.43. The Morgan fingerprint density at radius 1 is 0.595 bits per heavy atom. The lowest BCUT2D eigenvalue weighted by atomic mass is 10.2. The molecular weight excluding hydrogens is 458 g/mol. The fourth-order valence-corrected chi connectivity index (χ4v) is 3.87. The number of hydrogen-bond donors (Lipinski definition) is 0. The number of nitrogens with zero attached hydrogens (tertiary/aromatic N) is 3. The Kier molecular flexibility index (Phi) is 7.32. The zero-order valence-electron chi connectivity index (χ0n) is 20.8. The first kappa shape index (κ1) is 23.9. The number of ether oxygens (including phenoxy) is 2. The fraction of sp³-hybridized carbons (Fsp3) is 0.0938. The minimum absolute atomic E-state index is 0.696. The summed E-state index contributed by atoms with van der Waals surface area (Å²) in [5, 5.41) is 0. The van der Waals surface area contributed by atoms with Gasteiger partial charge in [0, 0.05) is 6.42 Å². The third-order valence-electron chi connectivity index (χ3n) is 5.78. The van der Waals surface area contributed by atoms with Crippen LogP contribution in [0.3, 0.4) is 0 Å². The van der Waals surface area contributed by atoms with Gasteiger partial charge in [0.25, 0.3) is 0 Å². The predicted octanol–water partition coefficient (Wildman–Crippen LogP) is 8.88. The Labute approximate surface area is 217 Å². The number of rotatable bonds is 8. The molecule has 0 bridgehead atoms. The fourth-order valence-electron chi connectivity index (χ4n) is 3.87. The number of para-hydroxylation sites is 6. The Morgan fingerprint density at radius 2 is 1.05 bits per heavy atom. The molecule has 37 heavy (non-hydrogen) atoms. The Morgan fingerprint density at radius 3 is 1.59 bits per heavy atom. The highest BCUT2D eigenvalue weighted by atomic mass is 16.5. The molecule has 0 aliphatic carbocycles. The van der Waals surface area contributed by atoms with E-state index in [1.54, 1.807) is 0 Å². The number of allylic oxidation sites excluding steroid dienone is 2. The third-order valence-corrected chi connectivity index (χ3v) is 5.78.